The monoisotopic (exact) mass is 415 g/mol. The molecule has 0 spiro atoms. The summed E-state index contributed by atoms with van der Waals surface area (Å²) >= 11 is 1.54. The Hall–Kier alpha value is -2.49. The zero-order chi connectivity index (χ0) is 20.3. The molecule has 0 aliphatic carbocycles. The van der Waals surface area contributed by atoms with E-state index in [1.165, 1.54) is 11.3 Å². The maximum absolute atomic E-state index is 10.9. The number of para-hydroxylation sites is 2. The molecule has 3 aromatic rings. The molecule has 1 fully saturated rings. The van der Waals surface area contributed by atoms with Crippen LogP contribution in [0.5, 0.6) is 5.75 Å². The Bertz CT molecular complexity index is 1030. The number of nitrogens with zero attached hydrogens (tertiary/aromatic N) is 5. The Balaban J connectivity index is 1.73. The molecule has 1 saturated heterocycles. The number of benzene rings is 1. The van der Waals surface area contributed by atoms with Gasteiger partial charge in [0.2, 0.25) is 0 Å². The first-order chi connectivity index (χ1) is 14.1. The first kappa shape index (κ1) is 19.8. The minimum atomic E-state index is -0.714. The molecule has 3 heterocycles. The summed E-state index contributed by atoms with van der Waals surface area (Å²) in [6.07, 6.45) is 3.67. The summed E-state index contributed by atoms with van der Waals surface area (Å²) in [5, 5.41) is 21.6. The number of hydrogen-bond acceptors (Lipinski definition) is 7. The first-order valence-corrected chi connectivity index (χ1v) is 10.5. The van der Waals surface area contributed by atoms with E-state index in [2.05, 4.69) is 14.8 Å². The van der Waals surface area contributed by atoms with Crippen LogP contribution in [0.3, 0.4) is 0 Å². The number of hydrogen-bond donors (Lipinski definition) is 1. The highest BCUT2D eigenvalue weighted by molar-refractivity contribution is 7.07. The van der Waals surface area contributed by atoms with Gasteiger partial charge in [-0.1, -0.05) is 12.1 Å². The van der Waals surface area contributed by atoms with Gasteiger partial charge in [0, 0.05) is 32.2 Å². The lowest BCUT2D eigenvalue weighted by Crippen LogP contribution is -2.37. The van der Waals surface area contributed by atoms with E-state index in [4.69, 9.17) is 14.5 Å². The number of aromatic nitrogens is 4. The molecule has 1 aromatic carbocycles. The van der Waals surface area contributed by atoms with Crippen molar-refractivity contribution in [2.45, 2.75) is 31.4 Å². The molecular formula is C20H25N5O3S. The average molecular weight is 416 g/mol. The van der Waals surface area contributed by atoms with Crippen molar-refractivity contribution in [2.24, 2.45) is 12.0 Å². The van der Waals surface area contributed by atoms with E-state index >= 15 is 0 Å². The van der Waals surface area contributed by atoms with Gasteiger partial charge in [0.25, 0.3) is 0 Å². The summed E-state index contributed by atoms with van der Waals surface area (Å²) < 4.78 is 13.0. The molecule has 0 radical (unpaired) electrons. The average Bonchev–Trinajstić information content (AvgIpc) is 3.33. The molecule has 9 heteroatoms. The van der Waals surface area contributed by atoms with Gasteiger partial charge in [0.05, 0.1) is 24.6 Å². The highest BCUT2D eigenvalue weighted by Gasteiger charge is 2.30. The van der Waals surface area contributed by atoms with Crippen molar-refractivity contribution < 1.29 is 14.6 Å². The molecule has 0 saturated carbocycles. The third-order valence-corrected chi connectivity index (χ3v) is 6.05. The van der Waals surface area contributed by atoms with Gasteiger partial charge in [0.1, 0.15) is 17.1 Å². The molecule has 8 nitrogen and oxygen atoms in total. The predicted molar refractivity (Wildman–Crippen MR) is 110 cm³/mol. The molecule has 2 aromatic heterocycles. The van der Waals surface area contributed by atoms with E-state index < -0.39 is 5.60 Å². The van der Waals surface area contributed by atoms with Crippen LogP contribution in [0, 0.1) is 0 Å². The third-order valence-electron chi connectivity index (χ3n) is 5.19. The molecule has 0 amide bonds. The Labute approximate surface area is 173 Å². The van der Waals surface area contributed by atoms with Crippen molar-refractivity contribution in [2.75, 3.05) is 20.3 Å². The number of aryl methyl sites for hydroxylation is 1. The Morgan fingerprint density at radius 3 is 2.83 bits per heavy atom. The first-order valence-electron chi connectivity index (χ1n) is 9.61. The summed E-state index contributed by atoms with van der Waals surface area (Å²) in [7, 11) is 3.44. The quantitative estimate of drug-likeness (QED) is 0.669. The lowest BCUT2D eigenvalue weighted by molar-refractivity contribution is -0.0699. The molecule has 0 atom stereocenters. The van der Waals surface area contributed by atoms with Crippen LogP contribution < -0.4 is 9.54 Å². The molecular weight excluding hydrogens is 390 g/mol. The van der Waals surface area contributed by atoms with E-state index in [-0.39, 0.29) is 0 Å². The largest absolute Gasteiger partial charge is 0.494 e. The lowest BCUT2D eigenvalue weighted by atomic mass is 9.91. The van der Waals surface area contributed by atoms with Crippen LogP contribution in [-0.2, 0) is 18.3 Å². The van der Waals surface area contributed by atoms with E-state index in [1.807, 2.05) is 29.6 Å². The molecule has 4 rings (SSSR count). The van der Waals surface area contributed by atoms with Gasteiger partial charge in [-0.05, 0) is 31.4 Å². The van der Waals surface area contributed by atoms with Gasteiger partial charge < -0.3 is 19.1 Å². The van der Waals surface area contributed by atoms with Crippen LogP contribution in [0.4, 0.5) is 5.69 Å². The van der Waals surface area contributed by atoms with Gasteiger partial charge in [-0.15, -0.1) is 11.3 Å². The van der Waals surface area contributed by atoms with Crippen LogP contribution in [-0.4, -0.2) is 50.6 Å². The second-order valence-corrected chi connectivity index (χ2v) is 7.98. The fourth-order valence-electron chi connectivity index (χ4n) is 3.45. The number of methoxy groups -OCH3 is 1. The van der Waals surface area contributed by atoms with Crippen molar-refractivity contribution in [3.63, 3.8) is 0 Å². The van der Waals surface area contributed by atoms with Crippen molar-refractivity contribution in [3.05, 3.63) is 40.6 Å². The van der Waals surface area contributed by atoms with Crippen molar-refractivity contribution in [1.29, 1.82) is 0 Å². The summed E-state index contributed by atoms with van der Waals surface area (Å²) in [4.78, 5) is 7.21. The fraction of sp³-hybridized carbons (Fsp3) is 0.450. The van der Waals surface area contributed by atoms with E-state index in [1.54, 1.807) is 25.2 Å². The second-order valence-electron chi connectivity index (χ2n) is 7.14. The van der Waals surface area contributed by atoms with Crippen molar-refractivity contribution in [1.82, 2.24) is 19.6 Å². The van der Waals surface area contributed by atoms with Crippen LogP contribution in [0.25, 0.3) is 11.4 Å². The van der Waals surface area contributed by atoms with Crippen molar-refractivity contribution >= 4 is 17.0 Å². The van der Waals surface area contributed by atoms with E-state index in [9.17, 15) is 5.11 Å². The SMILES string of the molecule is COc1ccccc1N=c1scc(-c2cnn(C)n2)n1CCC1(O)CCOCC1. The van der Waals surface area contributed by atoms with E-state index in [0.29, 0.717) is 39.0 Å². The lowest BCUT2D eigenvalue weighted by Gasteiger charge is -2.32. The summed E-state index contributed by atoms with van der Waals surface area (Å²) in [5.74, 6) is 0.719. The van der Waals surface area contributed by atoms with Crippen LogP contribution in [0.1, 0.15) is 19.3 Å². The van der Waals surface area contributed by atoms with Crippen LogP contribution >= 0.6 is 11.3 Å². The van der Waals surface area contributed by atoms with Crippen molar-refractivity contribution in [3.8, 4) is 17.1 Å². The number of thiazole rings is 1. The molecule has 154 valence electrons. The minimum Gasteiger partial charge on any atom is -0.494 e. The fourth-order valence-corrected chi connectivity index (χ4v) is 4.38. The van der Waals surface area contributed by atoms with E-state index in [0.717, 1.165) is 27.6 Å². The second kappa shape index (κ2) is 8.48. The number of rotatable bonds is 6. The van der Waals surface area contributed by atoms with Gasteiger partial charge >= 0.3 is 0 Å². The maximum atomic E-state index is 10.9. The zero-order valence-corrected chi connectivity index (χ0v) is 17.4. The Morgan fingerprint density at radius 1 is 1.31 bits per heavy atom. The third kappa shape index (κ3) is 4.42. The Morgan fingerprint density at radius 2 is 2.10 bits per heavy atom. The molecule has 1 aliphatic rings. The topological polar surface area (TPSA) is 86.7 Å². The molecule has 1 N–H and O–H groups in total. The molecule has 0 bridgehead atoms. The highest BCUT2D eigenvalue weighted by atomic mass is 32.1. The van der Waals surface area contributed by atoms with Gasteiger partial charge in [-0.25, -0.2) is 4.99 Å². The van der Waals surface area contributed by atoms with Gasteiger partial charge in [-0.2, -0.15) is 15.0 Å². The molecule has 29 heavy (non-hydrogen) atoms. The number of aliphatic hydroxyl groups is 1. The van der Waals surface area contributed by atoms with Gasteiger partial charge in [0.15, 0.2) is 4.80 Å². The van der Waals surface area contributed by atoms with Crippen LogP contribution in [0.2, 0.25) is 0 Å². The van der Waals surface area contributed by atoms with Crippen LogP contribution in [0.15, 0.2) is 40.8 Å². The summed E-state index contributed by atoms with van der Waals surface area (Å²) in [6, 6.07) is 7.68. The maximum Gasteiger partial charge on any atom is 0.190 e. The van der Waals surface area contributed by atoms with Gasteiger partial charge in [-0.3, -0.25) is 0 Å². The molecule has 1 aliphatic heterocycles. The summed E-state index contributed by atoms with van der Waals surface area (Å²) in [6.45, 7) is 1.82. The predicted octanol–water partition coefficient (Wildman–Crippen LogP) is 2.52. The normalized spacial score (nSPS) is 16.9. The minimum absolute atomic E-state index is 0.597. The highest BCUT2D eigenvalue weighted by Crippen LogP contribution is 2.28. The summed E-state index contributed by atoms with van der Waals surface area (Å²) in [5.41, 5.74) is 1.77. The molecule has 0 unspecified atom stereocenters. The zero-order valence-electron chi connectivity index (χ0n) is 16.6. The number of ether oxygens (including phenoxy) is 2. The smallest absolute Gasteiger partial charge is 0.190 e. The Kier molecular flexibility index (Phi) is 5.79. The standard InChI is InChI=1S/C20H25N5O3S/c1-24-21-13-16(23-24)17-14-29-19(22-15-5-3-4-6-18(15)27-2)25(17)10-7-20(26)8-11-28-12-9-20/h3-6,13-14,26H,7-12H2,1-2H3.